The Morgan fingerprint density at radius 3 is 1.50 bits per heavy atom. The maximum atomic E-state index is 12.2. The Hall–Kier alpha value is -2.15. The van der Waals surface area contributed by atoms with Crippen molar-refractivity contribution in [1.29, 1.82) is 0 Å². The van der Waals surface area contributed by atoms with Crippen molar-refractivity contribution in [3.05, 3.63) is 0 Å². The molecule has 0 spiro atoms. The quantitative estimate of drug-likeness (QED) is 0.135. The fraction of sp³-hybridized carbons (Fsp3) is 0.900. The summed E-state index contributed by atoms with van der Waals surface area (Å²) in [4.78, 5) is 35.7. The second kappa shape index (κ2) is 19.2. The Balaban J connectivity index is 4.17. The van der Waals surface area contributed by atoms with Gasteiger partial charge in [-0.3, -0.25) is 0 Å². The Morgan fingerprint density at radius 2 is 1.07 bits per heavy atom. The van der Waals surface area contributed by atoms with Crippen LogP contribution in [0.25, 0.3) is 0 Å². The first-order chi connectivity index (χ1) is 19.3. The standard InChI is InChI=1S/C30H58N2O10/c1-27(2,37-9)16-21-41-29(5,6)14-19-39-25(35)31-18-12-11-13-23(24(33)34)32-26(36)40-20-15-30(7,8)42-22-17-28(3,4)38-10/h23H,11-22H2,1-10H3,(H,31,35)(H,32,36)(H,33,34). The zero-order valence-electron chi connectivity index (χ0n) is 27.7. The summed E-state index contributed by atoms with van der Waals surface area (Å²) in [6, 6.07) is -1.10. The molecule has 2 amide bonds. The molecule has 0 aliphatic carbocycles. The lowest BCUT2D eigenvalue weighted by atomic mass is 10.0. The number of hydrogen-bond donors (Lipinski definition) is 3. The predicted molar refractivity (Wildman–Crippen MR) is 160 cm³/mol. The number of carbonyl (C=O) groups excluding carboxylic acids is 2. The molecule has 248 valence electrons. The van der Waals surface area contributed by atoms with Gasteiger partial charge in [-0.1, -0.05) is 0 Å². The van der Waals surface area contributed by atoms with Crippen molar-refractivity contribution in [3.63, 3.8) is 0 Å². The number of hydrogen-bond acceptors (Lipinski definition) is 9. The van der Waals surface area contributed by atoms with Gasteiger partial charge in [0.1, 0.15) is 6.04 Å². The van der Waals surface area contributed by atoms with Crippen LogP contribution in [-0.2, 0) is 33.2 Å². The minimum absolute atomic E-state index is 0.0835. The van der Waals surface area contributed by atoms with Crippen LogP contribution in [0.3, 0.4) is 0 Å². The Bertz CT molecular complexity index is 799. The number of carbonyl (C=O) groups is 3. The van der Waals surface area contributed by atoms with Crippen LogP contribution in [0.2, 0.25) is 0 Å². The third kappa shape index (κ3) is 20.7. The van der Waals surface area contributed by atoms with Gasteiger partial charge in [0.15, 0.2) is 0 Å². The molecular weight excluding hydrogens is 548 g/mol. The lowest BCUT2D eigenvalue weighted by Gasteiger charge is -2.28. The minimum atomic E-state index is -1.15. The van der Waals surface area contributed by atoms with E-state index >= 15 is 0 Å². The van der Waals surface area contributed by atoms with Gasteiger partial charge in [-0.15, -0.1) is 0 Å². The molecule has 0 heterocycles. The molecule has 0 aromatic heterocycles. The van der Waals surface area contributed by atoms with Gasteiger partial charge in [-0.2, -0.15) is 0 Å². The van der Waals surface area contributed by atoms with E-state index in [-0.39, 0.29) is 30.8 Å². The fourth-order valence-corrected chi connectivity index (χ4v) is 3.43. The van der Waals surface area contributed by atoms with Gasteiger partial charge in [0.25, 0.3) is 0 Å². The van der Waals surface area contributed by atoms with E-state index in [9.17, 15) is 19.5 Å². The molecule has 0 aliphatic rings. The zero-order chi connectivity index (χ0) is 32.5. The van der Waals surface area contributed by atoms with Crippen molar-refractivity contribution in [2.75, 3.05) is 47.2 Å². The van der Waals surface area contributed by atoms with E-state index in [1.54, 1.807) is 14.2 Å². The summed E-state index contributed by atoms with van der Waals surface area (Å²) < 4.78 is 33.0. The van der Waals surface area contributed by atoms with E-state index in [0.717, 1.165) is 6.42 Å². The number of aliphatic carboxylic acids is 1. The van der Waals surface area contributed by atoms with Crippen LogP contribution in [0.4, 0.5) is 9.59 Å². The number of rotatable bonds is 23. The van der Waals surface area contributed by atoms with E-state index in [1.165, 1.54) is 0 Å². The van der Waals surface area contributed by atoms with Gasteiger partial charge in [0, 0.05) is 33.6 Å². The first kappa shape index (κ1) is 39.8. The smallest absolute Gasteiger partial charge is 0.407 e. The second-order valence-electron chi connectivity index (χ2n) is 12.9. The summed E-state index contributed by atoms with van der Waals surface area (Å²) in [5.41, 5.74) is -1.51. The Labute approximate surface area is 252 Å². The van der Waals surface area contributed by atoms with Gasteiger partial charge in [0.05, 0.1) is 48.8 Å². The van der Waals surface area contributed by atoms with Crippen LogP contribution in [0.15, 0.2) is 0 Å². The fourth-order valence-electron chi connectivity index (χ4n) is 3.43. The largest absolute Gasteiger partial charge is 0.480 e. The number of alkyl carbamates (subject to hydrolysis) is 2. The molecule has 0 fully saturated rings. The molecule has 0 aliphatic heterocycles. The highest BCUT2D eigenvalue weighted by Gasteiger charge is 2.25. The van der Waals surface area contributed by atoms with Crippen molar-refractivity contribution in [2.45, 2.75) is 129 Å². The first-order valence-electron chi connectivity index (χ1n) is 14.8. The number of nitrogens with one attached hydrogen (secondary N) is 2. The molecular formula is C30H58N2O10. The van der Waals surface area contributed by atoms with Crippen molar-refractivity contribution in [2.24, 2.45) is 0 Å². The van der Waals surface area contributed by atoms with Crippen LogP contribution >= 0.6 is 0 Å². The van der Waals surface area contributed by atoms with Gasteiger partial charge in [-0.25, -0.2) is 14.4 Å². The Morgan fingerprint density at radius 1 is 0.643 bits per heavy atom. The molecule has 0 aromatic rings. The zero-order valence-corrected chi connectivity index (χ0v) is 27.7. The molecule has 1 unspecified atom stereocenters. The van der Waals surface area contributed by atoms with Gasteiger partial charge in [0.2, 0.25) is 0 Å². The SMILES string of the molecule is COC(C)(C)CCOC(C)(C)CCOC(=O)NCCCCC(NC(=O)OCCC(C)(C)OCCC(C)(C)OC)C(=O)O. The van der Waals surface area contributed by atoms with Crippen LogP contribution in [0.1, 0.15) is 100 Å². The van der Waals surface area contributed by atoms with E-state index in [0.29, 0.717) is 51.9 Å². The van der Waals surface area contributed by atoms with Gasteiger partial charge >= 0.3 is 18.2 Å². The molecule has 0 bridgehead atoms. The van der Waals surface area contributed by atoms with Crippen LogP contribution in [0, 0.1) is 0 Å². The summed E-state index contributed by atoms with van der Waals surface area (Å²) in [5.74, 6) is -1.15. The topological polar surface area (TPSA) is 151 Å². The average Bonchev–Trinajstić information content (AvgIpc) is 2.86. The molecule has 0 radical (unpaired) electrons. The number of ether oxygens (including phenoxy) is 6. The normalized spacial score (nSPS) is 13.4. The highest BCUT2D eigenvalue weighted by molar-refractivity contribution is 5.79. The maximum absolute atomic E-state index is 12.2. The summed E-state index contributed by atoms with van der Waals surface area (Å²) >= 11 is 0. The van der Waals surface area contributed by atoms with E-state index in [4.69, 9.17) is 28.4 Å². The van der Waals surface area contributed by atoms with Crippen LogP contribution < -0.4 is 10.6 Å². The molecule has 0 aromatic carbocycles. The monoisotopic (exact) mass is 606 g/mol. The third-order valence-corrected chi connectivity index (χ3v) is 7.15. The molecule has 3 N–H and O–H groups in total. The second-order valence-corrected chi connectivity index (χ2v) is 12.9. The highest BCUT2D eigenvalue weighted by atomic mass is 16.6. The number of amides is 2. The lowest BCUT2D eigenvalue weighted by Crippen LogP contribution is -2.41. The third-order valence-electron chi connectivity index (χ3n) is 7.15. The summed E-state index contributed by atoms with van der Waals surface area (Å²) in [6.45, 7) is 17.3. The molecule has 0 saturated heterocycles. The number of unbranched alkanes of at least 4 members (excludes halogenated alkanes) is 1. The molecule has 0 rings (SSSR count). The molecule has 0 saturated carbocycles. The van der Waals surface area contributed by atoms with Gasteiger partial charge in [-0.05, 0) is 87.5 Å². The number of carboxylic acid groups (broad SMARTS) is 1. The molecule has 12 nitrogen and oxygen atoms in total. The van der Waals surface area contributed by atoms with E-state index in [1.807, 2.05) is 55.4 Å². The number of carboxylic acids is 1. The maximum Gasteiger partial charge on any atom is 0.407 e. The predicted octanol–water partition coefficient (Wildman–Crippen LogP) is 5.06. The van der Waals surface area contributed by atoms with E-state index < -0.39 is 35.4 Å². The summed E-state index contributed by atoms with van der Waals surface area (Å²) in [5, 5.41) is 14.5. The van der Waals surface area contributed by atoms with Gasteiger partial charge < -0.3 is 44.2 Å². The number of methoxy groups -OCH3 is 2. The average molecular weight is 607 g/mol. The summed E-state index contributed by atoms with van der Waals surface area (Å²) in [7, 11) is 3.33. The molecule has 42 heavy (non-hydrogen) atoms. The van der Waals surface area contributed by atoms with Crippen molar-refractivity contribution < 1.29 is 47.9 Å². The first-order valence-corrected chi connectivity index (χ1v) is 14.8. The van der Waals surface area contributed by atoms with Crippen molar-refractivity contribution in [1.82, 2.24) is 10.6 Å². The van der Waals surface area contributed by atoms with Crippen molar-refractivity contribution >= 4 is 18.2 Å². The molecule has 12 heteroatoms. The van der Waals surface area contributed by atoms with Crippen molar-refractivity contribution in [3.8, 4) is 0 Å². The van der Waals surface area contributed by atoms with Crippen LogP contribution in [0.5, 0.6) is 0 Å². The highest BCUT2D eigenvalue weighted by Crippen LogP contribution is 2.20. The van der Waals surface area contributed by atoms with Crippen LogP contribution in [-0.4, -0.2) is 98.9 Å². The Kier molecular flexibility index (Phi) is 18.2. The lowest BCUT2D eigenvalue weighted by molar-refractivity contribution is -0.139. The molecule has 1 atom stereocenters. The minimum Gasteiger partial charge on any atom is -0.480 e. The summed E-state index contributed by atoms with van der Waals surface area (Å²) in [6.07, 6.45) is 2.28. The van der Waals surface area contributed by atoms with E-state index in [2.05, 4.69) is 10.6 Å².